The summed E-state index contributed by atoms with van der Waals surface area (Å²) in [6.45, 7) is 1.76. The normalized spacial score (nSPS) is 11.1. The molecule has 0 aliphatic rings. The molecule has 2 heterocycles. The molecule has 4 rings (SSSR count). The van der Waals surface area contributed by atoms with Gasteiger partial charge >= 0.3 is 5.63 Å². The number of aryl methyl sites for hydroxylation is 1. The molecule has 0 aliphatic heterocycles. The van der Waals surface area contributed by atoms with Crippen LogP contribution in [-0.2, 0) is 0 Å². The van der Waals surface area contributed by atoms with Gasteiger partial charge in [0.15, 0.2) is 0 Å². The summed E-state index contributed by atoms with van der Waals surface area (Å²) in [5, 5.41) is 4.48. The van der Waals surface area contributed by atoms with Gasteiger partial charge in [-0.1, -0.05) is 35.3 Å². The molecule has 0 bridgehead atoms. The molecule has 27 heavy (non-hydrogen) atoms. The maximum absolute atomic E-state index is 12.6. The van der Waals surface area contributed by atoms with E-state index >= 15 is 0 Å². The smallest absolute Gasteiger partial charge is 0.346 e. The van der Waals surface area contributed by atoms with Crippen molar-refractivity contribution in [3.63, 3.8) is 0 Å². The Bertz CT molecular complexity index is 1280. The van der Waals surface area contributed by atoms with Crippen molar-refractivity contribution in [2.75, 3.05) is 5.32 Å². The maximum atomic E-state index is 12.6. The first-order valence-corrected chi connectivity index (χ1v) is 8.79. The molecular formula is C20H12Cl2N2O3. The summed E-state index contributed by atoms with van der Waals surface area (Å²) < 4.78 is 5.36. The van der Waals surface area contributed by atoms with Gasteiger partial charge in [0.25, 0.3) is 5.91 Å². The van der Waals surface area contributed by atoms with Gasteiger partial charge in [0.2, 0.25) is 0 Å². The monoisotopic (exact) mass is 398 g/mol. The van der Waals surface area contributed by atoms with Gasteiger partial charge in [0.1, 0.15) is 11.4 Å². The number of halogens is 2. The second-order valence-corrected chi connectivity index (χ2v) is 6.86. The Balaban J connectivity index is 1.84. The van der Waals surface area contributed by atoms with E-state index in [1.807, 2.05) is 12.1 Å². The van der Waals surface area contributed by atoms with Crippen molar-refractivity contribution in [1.82, 2.24) is 4.98 Å². The Morgan fingerprint density at radius 1 is 1.11 bits per heavy atom. The van der Waals surface area contributed by atoms with E-state index in [0.717, 1.165) is 0 Å². The highest BCUT2D eigenvalue weighted by Crippen LogP contribution is 2.26. The molecule has 4 aromatic rings. The highest BCUT2D eigenvalue weighted by Gasteiger charge is 2.15. The van der Waals surface area contributed by atoms with E-state index in [4.69, 9.17) is 27.6 Å². The van der Waals surface area contributed by atoms with E-state index in [2.05, 4.69) is 10.3 Å². The van der Waals surface area contributed by atoms with Crippen molar-refractivity contribution in [3.8, 4) is 0 Å². The molecule has 0 saturated carbocycles. The van der Waals surface area contributed by atoms with Crippen LogP contribution in [0.15, 0.2) is 57.7 Å². The van der Waals surface area contributed by atoms with Crippen molar-refractivity contribution in [2.45, 2.75) is 6.92 Å². The Hall–Kier alpha value is -2.89. The van der Waals surface area contributed by atoms with E-state index in [0.29, 0.717) is 38.3 Å². The molecule has 1 N–H and O–H groups in total. The average Bonchev–Trinajstić information content (AvgIpc) is 2.61. The van der Waals surface area contributed by atoms with Crippen molar-refractivity contribution in [3.05, 3.63) is 80.1 Å². The first-order valence-electron chi connectivity index (χ1n) is 8.03. The van der Waals surface area contributed by atoms with Gasteiger partial charge < -0.3 is 9.73 Å². The first kappa shape index (κ1) is 17.5. The number of hydrogen-bond acceptors (Lipinski definition) is 4. The van der Waals surface area contributed by atoms with Crippen LogP contribution in [0.25, 0.3) is 21.9 Å². The quantitative estimate of drug-likeness (QED) is 0.371. The number of nitrogens with zero attached hydrogens (tertiary/aromatic N) is 1. The highest BCUT2D eigenvalue weighted by molar-refractivity contribution is 6.37. The zero-order valence-electron chi connectivity index (χ0n) is 14.0. The summed E-state index contributed by atoms with van der Waals surface area (Å²) in [6.07, 6.45) is 0. The summed E-state index contributed by atoms with van der Waals surface area (Å²) in [5.41, 5.74) is 1.37. The minimum absolute atomic E-state index is 0.239. The lowest BCUT2D eigenvalue weighted by atomic mass is 10.1. The maximum Gasteiger partial charge on any atom is 0.346 e. The van der Waals surface area contributed by atoms with Gasteiger partial charge in [-0.2, -0.15) is 0 Å². The number of rotatable bonds is 2. The Labute approximate surface area is 163 Å². The predicted molar refractivity (Wildman–Crippen MR) is 107 cm³/mol. The van der Waals surface area contributed by atoms with E-state index < -0.39 is 11.5 Å². The minimum atomic E-state index is -0.465. The highest BCUT2D eigenvalue weighted by atomic mass is 35.5. The van der Waals surface area contributed by atoms with E-state index in [1.165, 1.54) is 12.1 Å². The SMILES string of the molecule is Cc1cc(NC(=O)c2ccc(Cl)cc2Cl)nc2c1c(=O)oc1ccccc12. The lowest BCUT2D eigenvalue weighted by Crippen LogP contribution is -2.14. The summed E-state index contributed by atoms with van der Waals surface area (Å²) in [5.74, 6) is -0.109. The van der Waals surface area contributed by atoms with Crippen molar-refractivity contribution >= 4 is 56.8 Å². The standard InChI is InChI=1S/C20H12Cl2N2O3/c1-10-8-16(24-19(25)12-7-6-11(21)9-14(12)22)23-18-13-4-2-3-5-15(13)27-20(26)17(10)18/h2-9H,1H3,(H,23,24,25). The summed E-state index contributed by atoms with van der Waals surface area (Å²) in [4.78, 5) is 29.4. The number of aromatic nitrogens is 1. The van der Waals surface area contributed by atoms with Crippen molar-refractivity contribution in [2.24, 2.45) is 0 Å². The average molecular weight is 399 g/mol. The van der Waals surface area contributed by atoms with Gasteiger partial charge in [0, 0.05) is 10.4 Å². The van der Waals surface area contributed by atoms with Crippen LogP contribution in [0.3, 0.4) is 0 Å². The van der Waals surface area contributed by atoms with Gasteiger partial charge in [-0.15, -0.1) is 0 Å². The van der Waals surface area contributed by atoms with Crippen LogP contribution in [0.5, 0.6) is 0 Å². The minimum Gasteiger partial charge on any atom is -0.422 e. The number of para-hydroxylation sites is 1. The largest absolute Gasteiger partial charge is 0.422 e. The van der Waals surface area contributed by atoms with E-state index in [1.54, 1.807) is 31.2 Å². The van der Waals surface area contributed by atoms with Crippen LogP contribution in [0.2, 0.25) is 10.0 Å². The predicted octanol–water partition coefficient (Wildman–Crippen LogP) is 5.21. The fourth-order valence-corrected chi connectivity index (χ4v) is 3.44. The summed E-state index contributed by atoms with van der Waals surface area (Å²) in [6, 6.07) is 13.4. The molecule has 1 amide bonds. The van der Waals surface area contributed by atoms with Crippen LogP contribution in [-0.4, -0.2) is 10.9 Å². The molecule has 0 radical (unpaired) electrons. The molecule has 0 atom stereocenters. The van der Waals surface area contributed by atoms with E-state index in [-0.39, 0.29) is 10.6 Å². The number of amides is 1. The third-order valence-electron chi connectivity index (χ3n) is 4.18. The molecule has 7 heteroatoms. The molecule has 2 aromatic heterocycles. The number of hydrogen-bond donors (Lipinski definition) is 1. The van der Waals surface area contributed by atoms with Crippen LogP contribution in [0, 0.1) is 6.92 Å². The third-order valence-corrected chi connectivity index (χ3v) is 4.73. The molecule has 0 saturated heterocycles. The lowest BCUT2D eigenvalue weighted by Gasteiger charge is -2.10. The number of fused-ring (bicyclic) bond motifs is 3. The Morgan fingerprint density at radius 3 is 2.67 bits per heavy atom. The van der Waals surface area contributed by atoms with Gasteiger partial charge in [-0.3, -0.25) is 4.79 Å². The number of carbonyl (C=O) groups is 1. The Morgan fingerprint density at radius 2 is 1.89 bits per heavy atom. The topological polar surface area (TPSA) is 72.2 Å². The van der Waals surface area contributed by atoms with Gasteiger partial charge in [-0.05, 0) is 48.9 Å². The molecule has 134 valence electrons. The molecule has 0 aliphatic carbocycles. The zero-order chi connectivity index (χ0) is 19.1. The number of carbonyl (C=O) groups excluding carboxylic acids is 1. The van der Waals surface area contributed by atoms with Gasteiger partial charge in [0.05, 0.1) is 21.5 Å². The van der Waals surface area contributed by atoms with Crippen LogP contribution in [0.4, 0.5) is 5.82 Å². The molecular weight excluding hydrogens is 387 g/mol. The van der Waals surface area contributed by atoms with Crippen LogP contribution in [0.1, 0.15) is 15.9 Å². The number of pyridine rings is 1. The second kappa shape index (κ2) is 6.68. The van der Waals surface area contributed by atoms with Crippen LogP contribution < -0.4 is 10.9 Å². The fraction of sp³-hybridized carbons (Fsp3) is 0.0500. The Kier molecular flexibility index (Phi) is 4.34. The molecule has 5 nitrogen and oxygen atoms in total. The lowest BCUT2D eigenvalue weighted by molar-refractivity contribution is 0.102. The first-order chi connectivity index (χ1) is 12.9. The number of nitrogens with one attached hydrogen (secondary N) is 1. The molecule has 2 aromatic carbocycles. The fourth-order valence-electron chi connectivity index (χ4n) is 2.95. The molecule has 0 unspecified atom stereocenters. The molecule has 0 fully saturated rings. The second-order valence-electron chi connectivity index (χ2n) is 6.01. The number of anilines is 1. The van der Waals surface area contributed by atoms with E-state index in [9.17, 15) is 9.59 Å². The zero-order valence-corrected chi connectivity index (χ0v) is 15.6. The van der Waals surface area contributed by atoms with Crippen molar-refractivity contribution < 1.29 is 9.21 Å². The van der Waals surface area contributed by atoms with Crippen LogP contribution >= 0.6 is 23.2 Å². The van der Waals surface area contributed by atoms with Gasteiger partial charge in [-0.25, -0.2) is 9.78 Å². The third kappa shape index (κ3) is 3.16. The molecule has 0 spiro atoms. The summed E-state index contributed by atoms with van der Waals surface area (Å²) >= 11 is 12.0. The van der Waals surface area contributed by atoms with Crippen molar-refractivity contribution in [1.29, 1.82) is 0 Å². The summed E-state index contributed by atoms with van der Waals surface area (Å²) in [7, 11) is 0. The number of benzene rings is 2.